The zero-order chi connectivity index (χ0) is 14.5. The van der Waals surface area contributed by atoms with Gasteiger partial charge in [-0.15, -0.1) is 0 Å². The maximum atomic E-state index is 11.9. The second-order valence-corrected chi connectivity index (χ2v) is 4.16. The van der Waals surface area contributed by atoms with Crippen molar-refractivity contribution < 1.29 is 9.21 Å². The highest BCUT2D eigenvalue weighted by Gasteiger charge is 2.07. The molecule has 6 heteroatoms. The zero-order valence-corrected chi connectivity index (χ0v) is 11.0. The first-order chi connectivity index (χ1) is 10.3. The van der Waals surface area contributed by atoms with Crippen LogP contribution in [0.25, 0.3) is 11.9 Å². The van der Waals surface area contributed by atoms with Crippen molar-refractivity contribution in [1.82, 2.24) is 14.8 Å². The summed E-state index contributed by atoms with van der Waals surface area (Å²) in [5.41, 5.74) is 0.579. The Labute approximate surface area is 120 Å². The van der Waals surface area contributed by atoms with Crippen LogP contribution in [0.15, 0.2) is 65.7 Å². The number of pyridine rings is 1. The summed E-state index contributed by atoms with van der Waals surface area (Å²) in [6, 6.07) is 8.83. The summed E-state index contributed by atoms with van der Waals surface area (Å²) in [6.07, 6.45) is 9.60. The molecule has 1 N–H and O–H groups in total. The van der Waals surface area contributed by atoms with Crippen molar-refractivity contribution in [3.8, 4) is 5.82 Å². The lowest BCUT2D eigenvalue weighted by molar-refractivity contribution is -0.111. The number of carbonyl (C=O) groups excluding carboxylic acids is 1. The van der Waals surface area contributed by atoms with Crippen molar-refractivity contribution in [2.45, 2.75) is 0 Å². The quantitative estimate of drug-likeness (QED) is 0.745. The summed E-state index contributed by atoms with van der Waals surface area (Å²) in [6.45, 7) is 0. The molecule has 0 spiro atoms. The molecular formula is C15H12N4O2. The van der Waals surface area contributed by atoms with Crippen LogP contribution < -0.4 is 5.32 Å². The Morgan fingerprint density at radius 2 is 2.19 bits per heavy atom. The van der Waals surface area contributed by atoms with Gasteiger partial charge >= 0.3 is 0 Å². The smallest absolute Gasteiger partial charge is 0.248 e. The third-order valence-electron chi connectivity index (χ3n) is 2.71. The molecule has 0 saturated heterocycles. The minimum atomic E-state index is -0.271. The minimum absolute atomic E-state index is 0.271. The van der Waals surface area contributed by atoms with Gasteiger partial charge in [-0.05, 0) is 36.4 Å². The number of anilines is 1. The summed E-state index contributed by atoms with van der Waals surface area (Å²) in [5, 5.41) is 6.88. The molecule has 0 bridgehead atoms. The third-order valence-corrected chi connectivity index (χ3v) is 2.71. The molecule has 0 aliphatic rings. The van der Waals surface area contributed by atoms with Gasteiger partial charge in [0.05, 0.1) is 12.0 Å². The molecule has 0 unspecified atom stereocenters. The molecule has 21 heavy (non-hydrogen) atoms. The van der Waals surface area contributed by atoms with E-state index in [1.165, 1.54) is 6.08 Å². The second-order valence-electron chi connectivity index (χ2n) is 4.16. The van der Waals surface area contributed by atoms with E-state index in [9.17, 15) is 4.79 Å². The standard InChI is InChI=1S/C15H12N4O2/c20-14(7-6-12-4-2-11-21-12)18-13-5-1-8-16-15(13)19-10-3-9-17-19/h1-11H,(H,18,20)/b7-6+. The van der Waals surface area contributed by atoms with Crippen molar-refractivity contribution in [2.75, 3.05) is 5.32 Å². The largest absolute Gasteiger partial charge is 0.465 e. The minimum Gasteiger partial charge on any atom is -0.465 e. The summed E-state index contributed by atoms with van der Waals surface area (Å²) in [4.78, 5) is 16.2. The average molecular weight is 280 g/mol. The van der Waals surface area contributed by atoms with Crippen LogP contribution >= 0.6 is 0 Å². The molecule has 6 nitrogen and oxygen atoms in total. The lowest BCUT2D eigenvalue weighted by atomic mass is 10.3. The van der Waals surface area contributed by atoms with Gasteiger partial charge in [0.25, 0.3) is 0 Å². The highest BCUT2D eigenvalue weighted by Crippen LogP contribution is 2.16. The Kier molecular flexibility index (Phi) is 3.60. The van der Waals surface area contributed by atoms with Crippen LogP contribution in [0, 0.1) is 0 Å². The van der Waals surface area contributed by atoms with Gasteiger partial charge in [-0.1, -0.05) is 0 Å². The van der Waals surface area contributed by atoms with Crippen molar-refractivity contribution in [3.05, 3.63) is 67.0 Å². The fraction of sp³-hybridized carbons (Fsp3) is 0. The molecule has 0 atom stereocenters. The van der Waals surface area contributed by atoms with Crippen LogP contribution in [0.5, 0.6) is 0 Å². The SMILES string of the molecule is O=C(/C=C/c1ccco1)Nc1cccnc1-n1cccn1. The Hall–Kier alpha value is -3.15. The summed E-state index contributed by atoms with van der Waals surface area (Å²) < 4.78 is 6.71. The van der Waals surface area contributed by atoms with Gasteiger partial charge in [0.1, 0.15) is 5.76 Å². The molecule has 0 aromatic carbocycles. The van der Waals surface area contributed by atoms with Gasteiger partial charge in [0.2, 0.25) is 5.91 Å². The molecule has 0 radical (unpaired) electrons. The number of rotatable bonds is 4. The van der Waals surface area contributed by atoms with E-state index in [1.54, 1.807) is 65.9 Å². The molecule has 3 aromatic heterocycles. The van der Waals surface area contributed by atoms with E-state index < -0.39 is 0 Å². The topological polar surface area (TPSA) is 73.0 Å². The summed E-state index contributed by atoms with van der Waals surface area (Å²) in [5.74, 6) is 0.902. The number of nitrogens with zero attached hydrogens (tertiary/aromatic N) is 3. The normalized spacial score (nSPS) is 10.9. The Bertz CT molecular complexity index is 746. The number of furan rings is 1. The molecule has 0 saturated carbocycles. The second kappa shape index (κ2) is 5.87. The van der Waals surface area contributed by atoms with Crippen molar-refractivity contribution in [1.29, 1.82) is 0 Å². The van der Waals surface area contributed by atoms with Gasteiger partial charge in [-0.25, -0.2) is 9.67 Å². The molecular weight excluding hydrogens is 268 g/mol. The van der Waals surface area contributed by atoms with Crippen LogP contribution in [-0.4, -0.2) is 20.7 Å². The fourth-order valence-corrected chi connectivity index (χ4v) is 1.79. The highest BCUT2D eigenvalue weighted by molar-refractivity contribution is 6.02. The first-order valence-electron chi connectivity index (χ1n) is 6.30. The molecule has 3 aromatic rings. The molecule has 3 rings (SSSR count). The van der Waals surface area contributed by atoms with Crippen molar-refractivity contribution in [3.63, 3.8) is 0 Å². The molecule has 0 fully saturated rings. The number of nitrogens with one attached hydrogen (secondary N) is 1. The van der Waals surface area contributed by atoms with E-state index in [1.807, 2.05) is 0 Å². The van der Waals surface area contributed by atoms with Crippen LogP contribution in [0.3, 0.4) is 0 Å². The lowest BCUT2D eigenvalue weighted by Crippen LogP contribution is -2.11. The van der Waals surface area contributed by atoms with Crippen LogP contribution in [0.1, 0.15) is 5.76 Å². The van der Waals surface area contributed by atoms with Crippen LogP contribution in [0.2, 0.25) is 0 Å². The van der Waals surface area contributed by atoms with Crippen molar-refractivity contribution in [2.24, 2.45) is 0 Å². The number of carbonyl (C=O) groups is 1. The first kappa shape index (κ1) is 12.9. The molecule has 0 aliphatic carbocycles. The Morgan fingerprint density at radius 1 is 1.24 bits per heavy atom. The van der Waals surface area contributed by atoms with E-state index in [2.05, 4.69) is 15.4 Å². The van der Waals surface area contributed by atoms with Gasteiger partial charge in [-0.2, -0.15) is 5.10 Å². The highest BCUT2D eigenvalue weighted by atomic mass is 16.3. The number of hydrogen-bond donors (Lipinski definition) is 1. The molecule has 1 amide bonds. The summed E-state index contributed by atoms with van der Waals surface area (Å²) in [7, 11) is 0. The van der Waals surface area contributed by atoms with E-state index in [-0.39, 0.29) is 5.91 Å². The number of hydrogen-bond acceptors (Lipinski definition) is 4. The maximum Gasteiger partial charge on any atom is 0.248 e. The van der Waals surface area contributed by atoms with E-state index in [4.69, 9.17) is 4.42 Å². The summed E-state index contributed by atoms with van der Waals surface area (Å²) >= 11 is 0. The van der Waals surface area contributed by atoms with E-state index in [0.717, 1.165) is 0 Å². The zero-order valence-electron chi connectivity index (χ0n) is 11.0. The van der Waals surface area contributed by atoms with E-state index >= 15 is 0 Å². The third kappa shape index (κ3) is 3.06. The molecule has 104 valence electrons. The van der Waals surface area contributed by atoms with Gasteiger partial charge < -0.3 is 9.73 Å². The Morgan fingerprint density at radius 3 is 2.95 bits per heavy atom. The number of aromatic nitrogens is 3. The maximum absolute atomic E-state index is 11.9. The van der Waals surface area contributed by atoms with Crippen LogP contribution in [0.4, 0.5) is 5.69 Å². The average Bonchev–Trinajstić information content (AvgIpc) is 3.19. The number of amides is 1. The fourth-order valence-electron chi connectivity index (χ4n) is 1.79. The van der Waals surface area contributed by atoms with E-state index in [0.29, 0.717) is 17.3 Å². The van der Waals surface area contributed by atoms with Crippen LogP contribution in [-0.2, 0) is 4.79 Å². The van der Waals surface area contributed by atoms with Gasteiger partial charge in [-0.3, -0.25) is 4.79 Å². The first-order valence-corrected chi connectivity index (χ1v) is 6.30. The van der Waals surface area contributed by atoms with Gasteiger partial charge in [0.15, 0.2) is 5.82 Å². The predicted molar refractivity (Wildman–Crippen MR) is 77.7 cm³/mol. The lowest BCUT2D eigenvalue weighted by Gasteiger charge is -2.08. The van der Waals surface area contributed by atoms with Crippen molar-refractivity contribution >= 4 is 17.7 Å². The van der Waals surface area contributed by atoms with Gasteiger partial charge in [0, 0.05) is 24.7 Å². The molecule has 3 heterocycles. The molecule has 0 aliphatic heterocycles. The monoisotopic (exact) mass is 280 g/mol. The predicted octanol–water partition coefficient (Wildman–Crippen LogP) is 2.51. The Balaban J connectivity index is 1.77.